The molecule has 94 valence electrons. The lowest BCUT2D eigenvalue weighted by atomic mass is 10.1. The fourth-order valence-corrected chi connectivity index (χ4v) is 2.35. The van der Waals surface area contributed by atoms with Crippen molar-refractivity contribution >= 4 is 5.84 Å². The maximum Gasteiger partial charge on any atom is 0.156 e. The zero-order chi connectivity index (χ0) is 12.0. The Labute approximate surface area is 97.7 Å². The second kappa shape index (κ2) is 6.70. The molecule has 4 N–H and O–H groups in total. The summed E-state index contributed by atoms with van der Waals surface area (Å²) in [6.45, 7) is 7.44. The Kier molecular flexibility index (Phi) is 5.55. The third-order valence-corrected chi connectivity index (χ3v) is 3.39. The number of nitrogens with one attached hydrogen (secondary N) is 1. The third kappa shape index (κ3) is 3.35. The van der Waals surface area contributed by atoms with Crippen molar-refractivity contribution in [3.8, 4) is 0 Å². The summed E-state index contributed by atoms with van der Waals surface area (Å²) in [4.78, 5) is 2.48. The lowest BCUT2D eigenvalue weighted by molar-refractivity contribution is 0.256. The lowest BCUT2D eigenvalue weighted by Gasteiger charge is -2.25. The van der Waals surface area contributed by atoms with E-state index in [4.69, 9.17) is 10.9 Å². The van der Waals surface area contributed by atoms with Gasteiger partial charge in [0.25, 0.3) is 0 Å². The van der Waals surface area contributed by atoms with Gasteiger partial charge in [-0.25, -0.2) is 0 Å². The van der Waals surface area contributed by atoms with Crippen molar-refractivity contribution in [3.05, 3.63) is 0 Å². The van der Waals surface area contributed by atoms with Crippen LogP contribution in [0.4, 0.5) is 0 Å². The fraction of sp³-hybridized carbons (Fsp3) is 0.909. The first-order valence-electron chi connectivity index (χ1n) is 6.17. The molecule has 1 fully saturated rings. The molecule has 1 rings (SSSR count). The highest BCUT2D eigenvalue weighted by Crippen LogP contribution is 2.15. The summed E-state index contributed by atoms with van der Waals surface area (Å²) in [7, 11) is 0. The molecule has 5 heteroatoms. The van der Waals surface area contributed by atoms with Crippen molar-refractivity contribution in [3.63, 3.8) is 0 Å². The maximum absolute atomic E-state index is 8.64. The van der Waals surface area contributed by atoms with Gasteiger partial charge >= 0.3 is 0 Å². The van der Waals surface area contributed by atoms with E-state index in [1.807, 2.05) is 6.92 Å². The van der Waals surface area contributed by atoms with Crippen LogP contribution in [0.15, 0.2) is 5.16 Å². The average molecular weight is 228 g/mol. The van der Waals surface area contributed by atoms with Crippen LogP contribution in [0.3, 0.4) is 0 Å². The van der Waals surface area contributed by atoms with Crippen molar-refractivity contribution in [1.29, 1.82) is 0 Å². The normalized spacial score (nSPS) is 24.9. The second-order valence-corrected chi connectivity index (χ2v) is 4.32. The molecule has 1 aliphatic heterocycles. The molecular weight excluding hydrogens is 204 g/mol. The number of nitrogens with two attached hydrogens (primary N) is 1. The third-order valence-electron chi connectivity index (χ3n) is 3.39. The minimum atomic E-state index is -0.00990. The molecule has 0 aliphatic carbocycles. The highest BCUT2D eigenvalue weighted by Gasteiger charge is 2.23. The molecule has 0 radical (unpaired) electrons. The Balaban J connectivity index is 2.37. The fourth-order valence-electron chi connectivity index (χ4n) is 2.35. The molecule has 16 heavy (non-hydrogen) atoms. The predicted octanol–water partition coefficient (Wildman–Crippen LogP) is 0.585. The van der Waals surface area contributed by atoms with Crippen LogP contribution in [0.25, 0.3) is 0 Å². The first-order valence-corrected chi connectivity index (χ1v) is 6.17. The van der Waals surface area contributed by atoms with Crippen molar-refractivity contribution in [2.24, 2.45) is 10.9 Å². The van der Waals surface area contributed by atoms with Crippen LogP contribution in [0.2, 0.25) is 0 Å². The summed E-state index contributed by atoms with van der Waals surface area (Å²) >= 11 is 0. The molecule has 2 atom stereocenters. The number of likely N-dealkylation sites (tertiary alicyclic amines) is 1. The highest BCUT2D eigenvalue weighted by atomic mass is 16.4. The van der Waals surface area contributed by atoms with Crippen LogP contribution >= 0.6 is 0 Å². The van der Waals surface area contributed by atoms with E-state index in [-0.39, 0.29) is 11.9 Å². The number of hydrogen-bond acceptors (Lipinski definition) is 4. The van der Waals surface area contributed by atoms with Crippen molar-refractivity contribution in [2.75, 3.05) is 19.6 Å². The summed E-state index contributed by atoms with van der Waals surface area (Å²) in [5.74, 6) is 0.281. The van der Waals surface area contributed by atoms with Crippen LogP contribution in [-0.4, -0.2) is 47.7 Å². The molecule has 5 nitrogen and oxygen atoms in total. The Bertz CT molecular complexity index is 232. The van der Waals surface area contributed by atoms with E-state index in [9.17, 15) is 0 Å². The van der Waals surface area contributed by atoms with Gasteiger partial charge in [0.1, 0.15) is 0 Å². The van der Waals surface area contributed by atoms with Gasteiger partial charge in [-0.2, -0.15) is 0 Å². The van der Waals surface area contributed by atoms with Crippen LogP contribution in [0, 0.1) is 0 Å². The van der Waals surface area contributed by atoms with Gasteiger partial charge in [-0.05, 0) is 32.4 Å². The van der Waals surface area contributed by atoms with E-state index in [0.29, 0.717) is 6.04 Å². The molecule has 0 spiro atoms. The first kappa shape index (κ1) is 13.3. The standard InChI is InChI=1S/C11H24N4O/c1-3-10(11(12)14-16)13-8-9-6-5-7-15(9)4-2/h9-10,13,16H,3-8H2,1-2H3,(H2,12,14). The minimum Gasteiger partial charge on any atom is -0.409 e. The molecule has 0 aromatic rings. The van der Waals surface area contributed by atoms with Gasteiger partial charge in [0.05, 0.1) is 6.04 Å². The quantitative estimate of drug-likeness (QED) is 0.269. The van der Waals surface area contributed by atoms with Gasteiger partial charge in [-0.15, -0.1) is 0 Å². The van der Waals surface area contributed by atoms with E-state index >= 15 is 0 Å². The molecule has 0 saturated carbocycles. The Hall–Kier alpha value is -0.810. The maximum atomic E-state index is 8.64. The monoisotopic (exact) mass is 228 g/mol. The van der Waals surface area contributed by atoms with Gasteiger partial charge in [0.2, 0.25) is 0 Å². The number of oxime groups is 1. The molecule has 0 aromatic carbocycles. The molecule has 1 aliphatic rings. The summed E-state index contributed by atoms with van der Waals surface area (Å²) in [6.07, 6.45) is 3.36. The van der Waals surface area contributed by atoms with Crippen molar-refractivity contribution in [1.82, 2.24) is 10.2 Å². The van der Waals surface area contributed by atoms with E-state index < -0.39 is 0 Å². The number of hydrogen-bond donors (Lipinski definition) is 3. The molecule has 2 unspecified atom stereocenters. The smallest absolute Gasteiger partial charge is 0.156 e. The molecule has 1 saturated heterocycles. The SMILES string of the molecule is CCC(NCC1CCCN1CC)C(N)=NO. The zero-order valence-corrected chi connectivity index (χ0v) is 10.3. The largest absolute Gasteiger partial charge is 0.409 e. The van der Waals surface area contributed by atoms with E-state index in [1.54, 1.807) is 0 Å². The Morgan fingerprint density at radius 3 is 2.94 bits per heavy atom. The number of amidine groups is 1. The van der Waals surface area contributed by atoms with Crippen LogP contribution in [0.5, 0.6) is 0 Å². The van der Waals surface area contributed by atoms with E-state index in [0.717, 1.165) is 19.5 Å². The molecule has 0 amide bonds. The summed E-state index contributed by atoms with van der Waals surface area (Å²) < 4.78 is 0. The molecular formula is C11H24N4O. The minimum absolute atomic E-state index is 0.00990. The lowest BCUT2D eigenvalue weighted by Crippen LogP contribution is -2.46. The average Bonchev–Trinajstić information content (AvgIpc) is 2.76. The topological polar surface area (TPSA) is 73.9 Å². The first-order chi connectivity index (χ1) is 7.72. The number of rotatable bonds is 6. The molecule has 0 bridgehead atoms. The van der Waals surface area contributed by atoms with Gasteiger partial charge in [0.15, 0.2) is 5.84 Å². The highest BCUT2D eigenvalue weighted by molar-refractivity contribution is 5.85. The number of likely N-dealkylation sites (N-methyl/N-ethyl adjacent to an activating group) is 1. The van der Waals surface area contributed by atoms with E-state index in [2.05, 4.69) is 22.3 Å². The zero-order valence-electron chi connectivity index (χ0n) is 10.3. The van der Waals surface area contributed by atoms with E-state index in [1.165, 1.54) is 19.4 Å². The van der Waals surface area contributed by atoms with Gasteiger partial charge < -0.3 is 16.3 Å². The summed E-state index contributed by atoms with van der Waals surface area (Å²) in [5.41, 5.74) is 5.60. The van der Waals surface area contributed by atoms with Crippen LogP contribution in [0.1, 0.15) is 33.1 Å². The van der Waals surface area contributed by atoms with Crippen LogP contribution < -0.4 is 11.1 Å². The Morgan fingerprint density at radius 2 is 2.38 bits per heavy atom. The van der Waals surface area contributed by atoms with Gasteiger partial charge in [-0.1, -0.05) is 19.0 Å². The molecule has 1 heterocycles. The van der Waals surface area contributed by atoms with Crippen molar-refractivity contribution in [2.45, 2.75) is 45.2 Å². The summed E-state index contributed by atoms with van der Waals surface area (Å²) in [5, 5.41) is 15.1. The number of nitrogens with zero attached hydrogens (tertiary/aromatic N) is 2. The Morgan fingerprint density at radius 1 is 1.62 bits per heavy atom. The second-order valence-electron chi connectivity index (χ2n) is 4.32. The molecule has 0 aromatic heterocycles. The van der Waals surface area contributed by atoms with Gasteiger partial charge in [0, 0.05) is 12.6 Å². The van der Waals surface area contributed by atoms with Crippen LogP contribution in [-0.2, 0) is 0 Å². The van der Waals surface area contributed by atoms with Crippen molar-refractivity contribution < 1.29 is 5.21 Å². The van der Waals surface area contributed by atoms with Gasteiger partial charge in [-0.3, -0.25) is 4.90 Å². The predicted molar refractivity (Wildman–Crippen MR) is 65.8 cm³/mol. The summed E-state index contributed by atoms with van der Waals surface area (Å²) in [6, 6.07) is 0.592.